The zero-order valence-corrected chi connectivity index (χ0v) is 26.8. The summed E-state index contributed by atoms with van der Waals surface area (Å²) >= 11 is 0. The van der Waals surface area contributed by atoms with Gasteiger partial charge >= 0.3 is 0 Å². The van der Waals surface area contributed by atoms with E-state index in [4.69, 9.17) is 5.73 Å². The lowest BCUT2D eigenvalue weighted by atomic mass is 9.77. The van der Waals surface area contributed by atoms with Gasteiger partial charge in [0.15, 0.2) is 0 Å². The summed E-state index contributed by atoms with van der Waals surface area (Å²) in [5.74, 6) is 0.408. The Hall–Kier alpha value is -3.98. The molecule has 0 radical (unpaired) electrons. The first-order valence-electron chi connectivity index (χ1n) is 15.4. The highest BCUT2D eigenvalue weighted by Gasteiger charge is 2.41. The number of pyridine rings is 1. The minimum atomic E-state index is -0.177. The van der Waals surface area contributed by atoms with Crippen LogP contribution in [0.15, 0.2) is 75.9 Å². The van der Waals surface area contributed by atoms with Crippen LogP contribution >= 0.6 is 0 Å². The Morgan fingerprint density at radius 1 is 1.26 bits per heavy atom. The zero-order chi connectivity index (χ0) is 31.3. The van der Waals surface area contributed by atoms with Gasteiger partial charge in [0.1, 0.15) is 17.8 Å². The minimum Gasteiger partial charge on any atom is -0.404 e. The second-order valence-electron chi connectivity index (χ2n) is 12.1. The van der Waals surface area contributed by atoms with E-state index in [1.54, 1.807) is 31.7 Å². The molecule has 5 rings (SSSR count). The summed E-state index contributed by atoms with van der Waals surface area (Å²) < 4.78 is 0.578. The zero-order valence-electron chi connectivity index (χ0n) is 26.8. The van der Waals surface area contributed by atoms with E-state index in [2.05, 4.69) is 77.8 Å². The number of nitrogens with zero attached hydrogens (tertiary/aromatic N) is 4. The second-order valence-corrected chi connectivity index (χ2v) is 12.1. The van der Waals surface area contributed by atoms with Crippen LogP contribution in [0.2, 0.25) is 0 Å². The summed E-state index contributed by atoms with van der Waals surface area (Å²) in [6, 6.07) is 2.01. The van der Waals surface area contributed by atoms with Crippen LogP contribution in [0, 0.1) is 12.8 Å². The summed E-state index contributed by atoms with van der Waals surface area (Å²) in [6.45, 7) is 11.5. The monoisotopic (exact) mass is 586 g/mol. The van der Waals surface area contributed by atoms with Crippen molar-refractivity contribution in [2.75, 3.05) is 37.8 Å². The van der Waals surface area contributed by atoms with Crippen molar-refractivity contribution >= 4 is 29.4 Å². The van der Waals surface area contributed by atoms with Crippen molar-refractivity contribution in [3.63, 3.8) is 0 Å². The molecule has 9 heteroatoms. The number of rotatable bonds is 10. The third-order valence-corrected chi connectivity index (χ3v) is 9.27. The Morgan fingerprint density at radius 3 is 2.60 bits per heavy atom. The van der Waals surface area contributed by atoms with Crippen LogP contribution in [-0.2, 0) is 9.59 Å². The molecule has 1 aliphatic carbocycles. The van der Waals surface area contributed by atoms with Crippen LogP contribution in [0.4, 0.5) is 11.4 Å². The van der Waals surface area contributed by atoms with Gasteiger partial charge in [-0.2, -0.15) is 0 Å². The van der Waals surface area contributed by atoms with E-state index in [0.29, 0.717) is 46.0 Å². The maximum atomic E-state index is 13.8. The van der Waals surface area contributed by atoms with Crippen LogP contribution in [0.25, 0.3) is 0 Å². The summed E-state index contributed by atoms with van der Waals surface area (Å²) in [6.07, 6.45) is 17.6. The van der Waals surface area contributed by atoms with E-state index >= 15 is 0 Å². The Kier molecular flexibility index (Phi) is 10.1. The number of aromatic nitrogens is 1. The van der Waals surface area contributed by atoms with E-state index in [-0.39, 0.29) is 23.9 Å². The van der Waals surface area contributed by atoms with E-state index in [1.807, 2.05) is 13.8 Å². The third kappa shape index (κ3) is 6.82. The molecule has 1 aromatic heterocycles. The lowest BCUT2D eigenvalue weighted by Gasteiger charge is -2.45. The van der Waals surface area contributed by atoms with Crippen LogP contribution in [0.5, 0.6) is 0 Å². The van der Waals surface area contributed by atoms with Crippen molar-refractivity contribution in [1.29, 1.82) is 0 Å². The number of carbonyl (C=O) groups is 2. The molecular weight excluding hydrogens is 538 g/mol. The summed E-state index contributed by atoms with van der Waals surface area (Å²) in [4.78, 5) is 37.3. The van der Waals surface area contributed by atoms with Crippen molar-refractivity contribution < 1.29 is 14.1 Å². The number of fused-ring (bicyclic) bond motifs is 2. The van der Waals surface area contributed by atoms with E-state index in [0.717, 1.165) is 29.8 Å². The van der Waals surface area contributed by atoms with Gasteiger partial charge in [-0.25, -0.2) is 0 Å². The number of hydrogen-bond acceptors (Lipinski definition) is 6. The molecule has 3 aliphatic heterocycles. The second kappa shape index (κ2) is 13.5. The number of carbonyl (C=O) groups excluding carboxylic acids is 2. The topological polar surface area (TPSA) is 113 Å². The molecule has 1 aromatic rings. The van der Waals surface area contributed by atoms with Gasteiger partial charge in [0.05, 0.1) is 42.4 Å². The van der Waals surface area contributed by atoms with Crippen molar-refractivity contribution in [2.45, 2.75) is 72.4 Å². The van der Waals surface area contributed by atoms with Gasteiger partial charge in [0.2, 0.25) is 5.91 Å². The number of aryl methyl sites for hydroxylation is 1. The fourth-order valence-corrected chi connectivity index (χ4v) is 6.77. The summed E-state index contributed by atoms with van der Waals surface area (Å²) in [5.41, 5.74) is 12.8. The maximum absolute atomic E-state index is 13.8. The molecule has 0 saturated heterocycles. The lowest BCUT2D eigenvalue weighted by Crippen LogP contribution is -2.55. The first kappa shape index (κ1) is 31.9. The van der Waals surface area contributed by atoms with E-state index in [9.17, 15) is 9.59 Å². The van der Waals surface area contributed by atoms with Crippen molar-refractivity contribution in [2.24, 2.45) is 16.6 Å². The van der Waals surface area contributed by atoms with Gasteiger partial charge in [-0.1, -0.05) is 25.5 Å². The van der Waals surface area contributed by atoms with Crippen molar-refractivity contribution in [3.8, 4) is 0 Å². The molecule has 43 heavy (non-hydrogen) atoms. The van der Waals surface area contributed by atoms with Crippen molar-refractivity contribution in [3.05, 3.63) is 76.6 Å². The highest BCUT2D eigenvalue weighted by atomic mass is 16.2. The Bertz CT molecular complexity index is 1430. The molecule has 0 aromatic carbocycles. The highest BCUT2D eigenvalue weighted by Crippen LogP contribution is 2.38. The van der Waals surface area contributed by atoms with Gasteiger partial charge in [0.25, 0.3) is 5.91 Å². The standard InChI is InChI=1S/C34H47N7O2/c1-8-30-11-10-27(28(16-35)17-36-6)12-22(3)41(30,7)32(9-2)23(4)34(43)39-31-15-29(18-37-24(31)5)38-33(42)21-40-19-25-13-26(14-25)20-40/h10-12,15-19,22,26,30H,8-9,13-14,20-21H2,1-7H3,(H3-,35,36,38,39,42,43)/p+1/b32-23+. The van der Waals surface area contributed by atoms with Crippen LogP contribution < -0.4 is 16.4 Å². The fraction of sp³-hybridized carbons (Fsp3) is 0.471. The molecule has 4 N–H and O–H groups in total. The molecule has 1 fully saturated rings. The lowest BCUT2D eigenvalue weighted by molar-refractivity contribution is -0.908. The molecule has 2 amide bonds. The van der Waals surface area contributed by atoms with Crippen LogP contribution in [-0.4, -0.2) is 71.7 Å². The molecular formula is C34H48N7O2+. The largest absolute Gasteiger partial charge is 0.404 e. The number of amides is 2. The maximum Gasteiger partial charge on any atom is 0.256 e. The predicted octanol–water partition coefficient (Wildman–Crippen LogP) is 5.21. The Morgan fingerprint density at radius 2 is 2.00 bits per heavy atom. The Balaban J connectivity index is 1.56. The molecule has 3 unspecified atom stereocenters. The van der Waals surface area contributed by atoms with Gasteiger partial charge in [-0.05, 0) is 69.5 Å². The summed E-state index contributed by atoms with van der Waals surface area (Å²) in [7, 11) is 3.95. The van der Waals surface area contributed by atoms with Gasteiger partial charge in [-0.3, -0.25) is 24.0 Å². The van der Waals surface area contributed by atoms with E-state index < -0.39 is 0 Å². The van der Waals surface area contributed by atoms with Gasteiger partial charge < -0.3 is 21.3 Å². The molecule has 4 aliphatic rings. The normalized spacial score (nSPS) is 24.5. The average molecular weight is 587 g/mol. The smallest absolute Gasteiger partial charge is 0.256 e. The molecule has 1 saturated carbocycles. The molecule has 0 spiro atoms. The third-order valence-electron chi connectivity index (χ3n) is 9.27. The van der Waals surface area contributed by atoms with Crippen LogP contribution in [0.1, 0.15) is 59.1 Å². The highest BCUT2D eigenvalue weighted by molar-refractivity contribution is 6.04. The predicted molar refractivity (Wildman–Crippen MR) is 175 cm³/mol. The fourth-order valence-electron chi connectivity index (χ4n) is 6.77. The minimum absolute atomic E-state index is 0.0660. The number of likely N-dealkylation sites (N-methyl/N-ethyl adjacent to an activating group) is 1. The number of allylic oxidation sites excluding steroid dienone is 5. The average Bonchev–Trinajstić information content (AvgIpc) is 3.09. The number of anilines is 2. The molecule has 3 atom stereocenters. The number of aliphatic imine (C=N–C) groups is 1. The Labute approximate surface area is 256 Å². The first-order valence-corrected chi connectivity index (χ1v) is 15.4. The number of nitrogens with one attached hydrogen (secondary N) is 2. The number of hydrogen-bond donors (Lipinski definition) is 3. The van der Waals surface area contributed by atoms with Crippen LogP contribution in [0.3, 0.4) is 0 Å². The first-order chi connectivity index (χ1) is 20.5. The van der Waals surface area contributed by atoms with E-state index in [1.165, 1.54) is 18.4 Å². The number of quaternary nitrogens is 1. The molecule has 2 bridgehead atoms. The van der Waals surface area contributed by atoms with Gasteiger partial charge in [0, 0.05) is 44.4 Å². The van der Waals surface area contributed by atoms with Crippen molar-refractivity contribution in [1.82, 2.24) is 9.88 Å². The molecule has 230 valence electrons. The molecule has 9 nitrogen and oxygen atoms in total. The number of nitrogens with two attached hydrogens (primary N) is 1. The summed E-state index contributed by atoms with van der Waals surface area (Å²) in [5, 5.41) is 6.05. The SMILES string of the molecule is CC/C(=C(/C)C(=O)Nc1cc(NC(=O)CN2C=C3CC(C3)C2)cnc1C)[N+]1(C)C(C)C=C(/C(C=NC)=C/N)C=CC1CC. The van der Waals surface area contributed by atoms with Gasteiger partial charge in [-0.15, -0.1) is 0 Å². The quantitative estimate of drug-likeness (QED) is 0.198. The molecule has 4 heterocycles.